The minimum atomic E-state index is -1.07. The van der Waals surface area contributed by atoms with Crippen LogP contribution in [0.2, 0.25) is 0 Å². The van der Waals surface area contributed by atoms with Crippen molar-refractivity contribution in [1.29, 1.82) is 0 Å². The molecular formula is C16H18N2O5S. The van der Waals surface area contributed by atoms with Crippen molar-refractivity contribution in [2.24, 2.45) is 5.92 Å². The standard InChI is InChI=1S/C16H18N2O5S/c19-13-8-24-12-4-3-9(6-11(12)17-13)15(20)18-14(16(21)22)10-2-1-5-23-7-10/h3-4,6,10,14H,1-2,5,7-8H2,(H,17,19)(H,18,20)(H,21,22)/t10-,14+/m0/s1. The SMILES string of the molecule is O=C1CSc2ccc(C(=O)N[C@@H](C(=O)O)[C@H]3CCCOC3)cc2N1. The summed E-state index contributed by atoms with van der Waals surface area (Å²) < 4.78 is 5.32. The summed E-state index contributed by atoms with van der Waals surface area (Å²) in [7, 11) is 0. The predicted molar refractivity (Wildman–Crippen MR) is 88.2 cm³/mol. The molecule has 24 heavy (non-hydrogen) atoms. The summed E-state index contributed by atoms with van der Waals surface area (Å²) in [4.78, 5) is 36.3. The van der Waals surface area contributed by atoms with Gasteiger partial charge in [0.25, 0.3) is 5.91 Å². The van der Waals surface area contributed by atoms with Gasteiger partial charge in [-0.25, -0.2) is 4.79 Å². The first kappa shape index (κ1) is 16.8. The Bertz CT molecular complexity index is 672. The van der Waals surface area contributed by atoms with Crippen molar-refractivity contribution in [2.75, 3.05) is 24.3 Å². The number of ether oxygens (including phenoxy) is 1. The quantitative estimate of drug-likeness (QED) is 0.757. The molecule has 0 spiro atoms. The van der Waals surface area contributed by atoms with Crippen LogP contribution < -0.4 is 10.6 Å². The molecule has 2 aliphatic rings. The molecule has 7 nitrogen and oxygen atoms in total. The smallest absolute Gasteiger partial charge is 0.326 e. The van der Waals surface area contributed by atoms with Crippen molar-refractivity contribution in [2.45, 2.75) is 23.8 Å². The third kappa shape index (κ3) is 3.70. The molecule has 0 saturated carbocycles. The molecule has 1 aromatic carbocycles. The maximum atomic E-state index is 12.4. The Morgan fingerprint density at radius 1 is 1.42 bits per heavy atom. The molecule has 1 saturated heterocycles. The molecule has 2 aliphatic heterocycles. The van der Waals surface area contributed by atoms with Crippen LogP contribution in [0.4, 0.5) is 5.69 Å². The number of hydrogen-bond acceptors (Lipinski definition) is 5. The van der Waals surface area contributed by atoms with Gasteiger partial charge in [0.1, 0.15) is 6.04 Å². The number of thioether (sulfide) groups is 1. The molecule has 0 aliphatic carbocycles. The number of hydrogen-bond donors (Lipinski definition) is 3. The average Bonchev–Trinajstić information content (AvgIpc) is 2.59. The molecule has 8 heteroatoms. The van der Waals surface area contributed by atoms with Crippen LogP contribution in [0.25, 0.3) is 0 Å². The Morgan fingerprint density at radius 3 is 2.96 bits per heavy atom. The van der Waals surface area contributed by atoms with Gasteiger partial charge in [0.15, 0.2) is 0 Å². The summed E-state index contributed by atoms with van der Waals surface area (Å²) in [5.74, 6) is -1.55. The summed E-state index contributed by atoms with van der Waals surface area (Å²) in [6.45, 7) is 0.951. The lowest BCUT2D eigenvalue weighted by molar-refractivity contribution is -0.142. The van der Waals surface area contributed by atoms with Gasteiger partial charge in [-0.2, -0.15) is 0 Å². The lowest BCUT2D eigenvalue weighted by Gasteiger charge is -2.28. The van der Waals surface area contributed by atoms with Crippen LogP contribution in [0.3, 0.4) is 0 Å². The van der Waals surface area contributed by atoms with Crippen molar-refractivity contribution in [1.82, 2.24) is 5.32 Å². The van der Waals surface area contributed by atoms with Crippen LogP contribution >= 0.6 is 11.8 Å². The third-order valence-corrected chi connectivity index (χ3v) is 5.17. The van der Waals surface area contributed by atoms with Crippen molar-refractivity contribution in [3.05, 3.63) is 23.8 Å². The second-order valence-corrected chi connectivity index (χ2v) is 6.83. The molecule has 2 heterocycles. The van der Waals surface area contributed by atoms with E-state index < -0.39 is 17.9 Å². The van der Waals surface area contributed by atoms with E-state index in [1.165, 1.54) is 11.8 Å². The van der Waals surface area contributed by atoms with Crippen molar-refractivity contribution < 1.29 is 24.2 Å². The number of carbonyl (C=O) groups is 3. The molecule has 2 atom stereocenters. The van der Waals surface area contributed by atoms with E-state index in [1.54, 1.807) is 18.2 Å². The summed E-state index contributed by atoms with van der Waals surface area (Å²) in [6, 6.07) is 3.98. The molecule has 3 N–H and O–H groups in total. The molecule has 2 amide bonds. The van der Waals surface area contributed by atoms with E-state index in [0.29, 0.717) is 36.6 Å². The Kier molecular flexibility index (Phi) is 5.06. The number of nitrogens with one attached hydrogen (secondary N) is 2. The van der Waals surface area contributed by atoms with Crippen molar-refractivity contribution in [3.63, 3.8) is 0 Å². The minimum Gasteiger partial charge on any atom is -0.480 e. The number of rotatable bonds is 4. The van der Waals surface area contributed by atoms with E-state index in [0.717, 1.165) is 11.3 Å². The highest BCUT2D eigenvalue weighted by Gasteiger charge is 2.31. The van der Waals surface area contributed by atoms with E-state index in [1.807, 2.05) is 0 Å². The first-order valence-electron chi connectivity index (χ1n) is 7.72. The van der Waals surface area contributed by atoms with Crippen LogP contribution in [-0.4, -0.2) is 47.9 Å². The molecule has 0 unspecified atom stereocenters. The van der Waals surface area contributed by atoms with E-state index in [-0.39, 0.29) is 11.8 Å². The summed E-state index contributed by atoms with van der Waals surface area (Å²) in [6.07, 6.45) is 1.49. The van der Waals surface area contributed by atoms with Gasteiger partial charge in [-0.3, -0.25) is 9.59 Å². The van der Waals surface area contributed by atoms with Gasteiger partial charge in [-0.15, -0.1) is 11.8 Å². The van der Waals surface area contributed by atoms with Crippen LogP contribution in [-0.2, 0) is 14.3 Å². The van der Waals surface area contributed by atoms with Crippen LogP contribution in [0.1, 0.15) is 23.2 Å². The largest absolute Gasteiger partial charge is 0.480 e. The number of carboxylic acid groups (broad SMARTS) is 1. The van der Waals surface area contributed by atoms with Gasteiger partial charge in [-0.1, -0.05) is 0 Å². The zero-order valence-corrected chi connectivity index (χ0v) is 13.7. The van der Waals surface area contributed by atoms with Gasteiger partial charge in [0.2, 0.25) is 5.91 Å². The lowest BCUT2D eigenvalue weighted by atomic mass is 9.93. The zero-order chi connectivity index (χ0) is 17.1. The highest BCUT2D eigenvalue weighted by molar-refractivity contribution is 8.00. The van der Waals surface area contributed by atoms with Crippen molar-refractivity contribution >= 4 is 35.2 Å². The van der Waals surface area contributed by atoms with E-state index in [2.05, 4.69) is 10.6 Å². The number of fused-ring (bicyclic) bond motifs is 1. The highest BCUT2D eigenvalue weighted by atomic mass is 32.2. The van der Waals surface area contributed by atoms with Crippen LogP contribution in [0.15, 0.2) is 23.1 Å². The number of benzene rings is 1. The fourth-order valence-corrected chi connectivity index (χ4v) is 3.65. The molecule has 1 aromatic rings. The number of aliphatic carboxylic acids is 1. The Morgan fingerprint density at radius 2 is 2.25 bits per heavy atom. The average molecular weight is 350 g/mol. The molecule has 0 bridgehead atoms. The topological polar surface area (TPSA) is 105 Å². The van der Waals surface area contributed by atoms with E-state index in [4.69, 9.17) is 4.74 Å². The predicted octanol–water partition coefficient (Wildman–Crippen LogP) is 1.34. The zero-order valence-electron chi connectivity index (χ0n) is 12.9. The lowest BCUT2D eigenvalue weighted by Crippen LogP contribution is -2.48. The first-order valence-corrected chi connectivity index (χ1v) is 8.71. The second kappa shape index (κ2) is 7.23. The highest BCUT2D eigenvalue weighted by Crippen LogP contribution is 2.32. The monoisotopic (exact) mass is 350 g/mol. The fourth-order valence-electron chi connectivity index (χ4n) is 2.86. The number of anilines is 1. The molecule has 1 fully saturated rings. The number of carboxylic acids is 1. The van der Waals surface area contributed by atoms with Crippen LogP contribution in [0.5, 0.6) is 0 Å². The number of carbonyl (C=O) groups excluding carboxylic acids is 2. The summed E-state index contributed by atoms with van der Waals surface area (Å²) in [5.41, 5.74) is 0.899. The van der Waals surface area contributed by atoms with E-state index in [9.17, 15) is 19.5 Å². The Hall–Kier alpha value is -2.06. The maximum absolute atomic E-state index is 12.4. The van der Waals surface area contributed by atoms with Crippen molar-refractivity contribution in [3.8, 4) is 0 Å². The Balaban J connectivity index is 1.74. The van der Waals surface area contributed by atoms with Gasteiger partial charge in [0.05, 0.1) is 18.0 Å². The van der Waals surface area contributed by atoms with Gasteiger partial charge >= 0.3 is 5.97 Å². The van der Waals surface area contributed by atoms with Gasteiger partial charge in [0, 0.05) is 23.0 Å². The summed E-state index contributed by atoms with van der Waals surface area (Å²) >= 11 is 1.40. The normalized spacial score (nSPS) is 21.3. The summed E-state index contributed by atoms with van der Waals surface area (Å²) in [5, 5.41) is 14.7. The maximum Gasteiger partial charge on any atom is 0.326 e. The second-order valence-electron chi connectivity index (χ2n) is 5.81. The number of amides is 2. The fraction of sp³-hybridized carbons (Fsp3) is 0.438. The van der Waals surface area contributed by atoms with E-state index >= 15 is 0 Å². The molecule has 0 aromatic heterocycles. The minimum absolute atomic E-state index is 0.118. The van der Waals surface area contributed by atoms with Gasteiger partial charge < -0.3 is 20.5 Å². The van der Waals surface area contributed by atoms with Crippen LogP contribution in [0, 0.1) is 5.92 Å². The molecule has 0 radical (unpaired) electrons. The molecule has 3 rings (SSSR count). The third-order valence-electron chi connectivity index (χ3n) is 4.09. The van der Waals surface area contributed by atoms with Gasteiger partial charge in [-0.05, 0) is 31.0 Å². The molecule has 128 valence electrons. The first-order chi connectivity index (χ1) is 11.5. The molecular weight excluding hydrogens is 332 g/mol. The Labute approximate surface area is 143 Å².